The van der Waals surface area contributed by atoms with E-state index in [-0.39, 0.29) is 17.1 Å². The maximum atomic E-state index is 12.2. The van der Waals surface area contributed by atoms with Gasteiger partial charge in [-0.15, -0.1) is 10.2 Å². The first-order valence-electron chi connectivity index (χ1n) is 5.43. The number of aromatic amines is 1. The number of hydrogen-bond donors (Lipinski definition) is 3. The summed E-state index contributed by atoms with van der Waals surface area (Å²) in [5.74, 6) is -1.03. The van der Waals surface area contributed by atoms with Crippen LogP contribution in [0.15, 0.2) is 11.2 Å². The number of aryl methyl sites for hydroxylation is 2. The largest absolute Gasteiger partial charge is 0.476 e. The topological polar surface area (TPSA) is 143 Å². The molecular formula is C9H12N6O4S. The van der Waals surface area contributed by atoms with Gasteiger partial charge in [0.2, 0.25) is 10.0 Å². The van der Waals surface area contributed by atoms with E-state index < -0.39 is 21.7 Å². The molecule has 0 aliphatic carbocycles. The molecular weight excluding hydrogens is 288 g/mol. The summed E-state index contributed by atoms with van der Waals surface area (Å²) >= 11 is 0. The van der Waals surface area contributed by atoms with Crippen LogP contribution < -0.4 is 4.72 Å². The monoisotopic (exact) mass is 300 g/mol. The number of carboxylic acids is 1. The SMILES string of the molecule is Cc1[nH]nc(C(=O)O)c1S(=O)(=O)NCc1nncn1C. The van der Waals surface area contributed by atoms with Gasteiger partial charge in [0, 0.05) is 7.05 Å². The molecule has 0 aromatic carbocycles. The number of rotatable bonds is 5. The zero-order valence-corrected chi connectivity index (χ0v) is 11.5. The van der Waals surface area contributed by atoms with E-state index in [4.69, 9.17) is 5.11 Å². The number of nitrogens with zero attached hydrogens (tertiary/aromatic N) is 4. The van der Waals surface area contributed by atoms with Crippen LogP contribution in [0.25, 0.3) is 0 Å². The van der Waals surface area contributed by atoms with Gasteiger partial charge in [0.15, 0.2) is 5.69 Å². The molecule has 10 nitrogen and oxygen atoms in total. The lowest BCUT2D eigenvalue weighted by Crippen LogP contribution is -2.26. The Morgan fingerprint density at radius 3 is 2.80 bits per heavy atom. The Balaban J connectivity index is 2.29. The molecule has 0 saturated carbocycles. The minimum Gasteiger partial charge on any atom is -0.476 e. The highest BCUT2D eigenvalue weighted by Crippen LogP contribution is 2.17. The van der Waals surface area contributed by atoms with Crippen molar-refractivity contribution >= 4 is 16.0 Å². The van der Waals surface area contributed by atoms with Crippen molar-refractivity contribution in [1.82, 2.24) is 29.7 Å². The first-order valence-corrected chi connectivity index (χ1v) is 6.92. The molecule has 2 rings (SSSR count). The van der Waals surface area contributed by atoms with E-state index in [0.29, 0.717) is 5.82 Å². The molecule has 0 fully saturated rings. The molecule has 0 saturated heterocycles. The molecule has 2 aromatic rings. The van der Waals surface area contributed by atoms with Crippen molar-refractivity contribution in [2.45, 2.75) is 18.4 Å². The first kappa shape index (κ1) is 14.1. The minimum absolute atomic E-state index is 0.109. The number of nitrogens with one attached hydrogen (secondary N) is 2. The van der Waals surface area contributed by atoms with Crippen molar-refractivity contribution in [3.05, 3.63) is 23.5 Å². The van der Waals surface area contributed by atoms with E-state index >= 15 is 0 Å². The minimum atomic E-state index is -4.02. The molecule has 0 atom stereocenters. The fraction of sp³-hybridized carbons (Fsp3) is 0.333. The third-order valence-corrected chi connectivity index (χ3v) is 4.15. The summed E-state index contributed by atoms with van der Waals surface area (Å²) in [6.07, 6.45) is 1.43. The molecule has 0 unspecified atom stereocenters. The van der Waals surface area contributed by atoms with Gasteiger partial charge in [-0.3, -0.25) is 5.10 Å². The van der Waals surface area contributed by atoms with Crippen LogP contribution >= 0.6 is 0 Å². The Morgan fingerprint density at radius 2 is 2.25 bits per heavy atom. The number of aromatic carboxylic acids is 1. The maximum absolute atomic E-state index is 12.2. The van der Waals surface area contributed by atoms with Crippen molar-refractivity contribution in [2.24, 2.45) is 7.05 Å². The Kier molecular flexibility index (Phi) is 3.55. The van der Waals surface area contributed by atoms with E-state index in [9.17, 15) is 13.2 Å². The van der Waals surface area contributed by atoms with Gasteiger partial charge in [0.25, 0.3) is 0 Å². The van der Waals surface area contributed by atoms with Crippen molar-refractivity contribution in [1.29, 1.82) is 0 Å². The highest BCUT2D eigenvalue weighted by molar-refractivity contribution is 7.89. The molecule has 11 heteroatoms. The van der Waals surface area contributed by atoms with Crippen LogP contribution in [-0.2, 0) is 23.6 Å². The lowest BCUT2D eigenvalue weighted by atomic mass is 10.4. The summed E-state index contributed by atoms with van der Waals surface area (Å²) in [4.78, 5) is 10.6. The quantitative estimate of drug-likeness (QED) is 0.644. The van der Waals surface area contributed by atoms with Crippen LogP contribution in [0.1, 0.15) is 22.0 Å². The highest BCUT2D eigenvalue weighted by atomic mass is 32.2. The number of hydrogen-bond acceptors (Lipinski definition) is 6. The van der Waals surface area contributed by atoms with Crippen LogP contribution in [0.4, 0.5) is 0 Å². The fourth-order valence-electron chi connectivity index (χ4n) is 1.59. The summed E-state index contributed by atoms with van der Waals surface area (Å²) in [5.41, 5.74) is -0.402. The molecule has 0 radical (unpaired) electrons. The highest BCUT2D eigenvalue weighted by Gasteiger charge is 2.28. The van der Waals surface area contributed by atoms with Crippen molar-refractivity contribution in [2.75, 3.05) is 0 Å². The molecule has 3 N–H and O–H groups in total. The van der Waals surface area contributed by atoms with E-state index in [2.05, 4.69) is 25.1 Å². The first-order chi connectivity index (χ1) is 9.33. The van der Waals surface area contributed by atoms with Gasteiger partial charge in [0.05, 0.1) is 12.2 Å². The summed E-state index contributed by atoms with van der Waals surface area (Å²) in [5, 5.41) is 22.1. The Hall–Kier alpha value is -2.27. The number of H-pyrrole nitrogens is 1. The normalized spacial score (nSPS) is 11.7. The smallest absolute Gasteiger partial charge is 0.357 e. The van der Waals surface area contributed by atoms with Crippen LogP contribution in [0, 0.1) is 6.92 Å². The van der Waals surface area contributed by atoms with Gasteiger partial charge in [-0.2, -0.15) is 5.10 Å². The van der Waals surface area contributed by atoms with E-state index in [0.717, 1.165) is 0 Å². The standard InChI is InChI=1S/C9H12N6O4S/c1-5-8(7(9(16)17)14-12-5)20(18,19)11-3-6-13-10-4-15(6)2/h4,11H,3H2,1-2H3,(H,12,14)(H,16,17). The van der Waals surface area contributed by atoms with E-state index in [1.807, 2.05) is 0 Å². The van der Waals surface area contributed by atoms with Crippen LogP contribution in [0.2, 0.25) is 0 Å². The zero-order valence-electron chi connectivity index (χ0n) is 10.7. The summed E-state index contributed by atoms with van der Waals surface area (Å²) in [6, 6.07) is 0. The maximum Gasteiger partial charge on any atom is 0.357 e. The Labute approximate surface area is 113 Å². The van der Waals surface area contributed by atoms with Crippen LogP contribution in [0.5, 0.6) is 0 Å². The number of aromatic nitrogens is 5. The summed E-state index contributed by atoms with van der Waals surface area (Å²) < 4.78 is 28.1. The number of sulfonamides is 1. The lowest BCUT2D eigenvalue weighted by Gasteiger charge is -2.06. The third-order valence-electron chi connectivity index (χ3n) is 2.59. The molecule has 2 heterocycles. The van der Waals surface area contributed by atoms with Gasteiger partial charge in [-0.05, 0) is 6.92 Å². The van der Waals surface area contributed by atoms with Gasteiger partial charge >= 0.3 is 5.97 Å². The van der Waals surface area contributed by atoms with Crippen molar-refractivity contribution < 1.29 is 18.3 Å². The zero-order chi connectivity index (χ0) is 14.9. The Morgan fingerprint density at radius 1 is 1.55 bits per heavy atom. The molecule has 20 heavy (non-hydrogen) atoms. The molecule has 0 amide bonds. The number of carbonyl (C=O) groups is 1. The Bertz CT molecular complexity index is 746. The van der Waals surface area contributed by atoms with Gasteiger partial charge < -0.3 is 9.67 Å². The third kappa shape index (κ3) is 2.53. The molecule has 108 valence electrons. The van der Waals surface area contributed by atoms with Gasteiger partial charge in [-0.1, -0.05) is 0 Å². The van der Waals surface area contributed by atoms with Crippen molar-refractivity contribution in [3.63, 3.8) is 0 Å². The average molecular weight is 300 g/mol. The second-order valence-electron chi connectivity index (χ2n) is 4.01. The summed E-state index contributed by atoms with van der Waals surface area (Å²) in [6.45, 7) is 1.32. The van der Waals surface area contributed by atoms with Gasteiger partial charge in [0.1, 0.15) is 17.0 Å². The molecule has 0 spiro atoms. The summed E-state index contributed by atoms with van der Waals surface area (Å²) in [7, 11) is -2.36. The predicted molar refractivity (Wildman–Crippen MR) is 65.3 cm³/mol. The van der Waals surface area contributed by atoms with E-state index in [1.165, 1.54) is 13.3 Å². The molecule has 0 aliphatic rings. The lowest BCUT2D eigenvalue weighted by molar-refractivity contribution is 0.0686. The molecule has 0 bridgehead atoms. The second-order valence-corrected chi connectivity index (χ2v) is 5.72. The van der Waals surface area contributed by atoms with Crippen molar-refractivity contribution in [3.8, 4) is 0 Å². The van der Waals surface area contributed by atoms with E-state index in [1.54, 1.807) is 11.6 Å². The molecule has 2 aromatic heterocycles. The van der Waals surface area contributed by atoms with Crippen LogP contribution in [-0.4, -0.2) is 44.5 Å². The predicted octanol–water partition coefficient (Wildman–Crippen LogP) is -0.977. The number of carboxylic acid groups (broad SMARTS) is 1. The van der Waals surface area contributed by atoms with Gasteiger partial charge in [-0.25, -0.2) is 17.9 Å². The second kappa shape index (κ2) is 5.02. The van der Waals surface area contributed by atoms with Crippen LogP contribution in [0.3, 0.4) is 0 Å². The average Bonchev–Trinajstić information content (AvgIpc) is 2.93. The molecule has 0 aliphatic heterocycles. The fourth-order valence-corrected chi connectivity index (χ4v) is 2.89.